The highest BCUT2D eigenvalue weighted by molar-refractivity contribution is 5.93. The largest absolute Gasteiger partial charge is 0.465 e. The van der Waals surface area contributed by atoms with E-state index in [9.17, 15) is 4.79 Å². The van der Waals surface area contributed by atoms with E-state index in [4.69, 9.17) is 4.42 Å². The molecule has 1 aromatic carbocycles. The summed E-state index contributed by atoms with van der Waals surface area (Å²) < 4.78 is 5.43. The Morgan fingerprint density at radius 2 is 1.80 bits per heavy atom. The summed E-state index contributed by atoms with van der Waals surface area (Å²) in [6.07, 6.45) is 0. The molecule has 0 saturated carbocycles. The van der Waals surface area contributed by atoms with Crippen molar-refractivity contribution in [2.75, 3.05) is 11.9 Å². The van der Waals surface area contributed by atoms with Crippen LogP contribution in [0.25, 0.3) is 0 Å². The van der Waals surface area contributed by atoms with Crippen LogP contribution >= 0.6 is 0 Å². The second-order valence-electron chi connectivity index (χ2n) is 4.93. The molecule has 20 heavy (non-hydrogen) atoms. The van der Waals surface area contributed by atoms with E-state index in [0.29, 0.717) is 6.54 Å². The minimum atomic E-state index is -0.0503. The molecule has 0 unspecified atom stereocenters. The maximum Gasteiger partial charge on any atom is 0.238 e. The lowest BCUT2D eigenvalue weighted by atomic mass is 10.1. The summed E-state index contributed by atoms with van der Waals surface area (Å²) in [6, 6.07) is 9.78. The third-order valence-electron chi connectivity index (χ3n) is 3.13. The van der Waals surface area contributed by atoms with Gasteiger partial charge >= 0.3 is 0 Å². The topological polar surface area (TPSA) is 54.3 Å². The minimum Gasteiger partial charge on any atom is -0.465 e. The first-order chi connectivity index (χ1) is 9.56. The van der Waals surface area contributed by atoms with Crippen LogP contribution in [0, 0.1) is 20.8 Å². The zero-order chi connectivity index (χ0) is 14.5. The van der Waals surface area contributed by atoms with Crippen LogP contribution in [0.1, 0.15) is 22.6 Å². The van der Waals surface area contributed by atoms with Gasteiger partial charge in [-0.2, -0.15) is 0 Å². The van der Waals surface area contributed by atoms with Crippen LogP contribution in [-0.4, -0.2) is 12.5 Å². The second-order valence-corrected chi connectivity index (χ2v) is 4.93. The van der Waals surface area contributed by atoms with E-state index in [-0.39, 0.29) is 12.5 Å². The Balaban J connectivity index is 1.84. The zero-order valence-electron chi connectivity index (χ0n) is 12.1. The summed E-state index contributed by atoms with van der Waals surface area (Å²) in [5.74, 6) is 1.66. The molecule has 1 amide bonds. The SMILES string of the molecule is Cc1ccc(CNCC(=O)Nc2c(C)cccc2C)o1. The van der Waals surface area contributed by atoms with Gasteiger partial charge in [-0.15, -0.1) is 0 Å². The van der Waals surface area contributed by atoms with E-state index in [2.05, 4.69) is 10.6 Å². The Hall–Kier alpha value is -2.07. The van der Waals surface area contributed by atoms with Gasteiger partial charge in [0.2, 0.25) is 5.91 Å². The van der Waals surface area contributed by atoms with Gasteiger partial charge in [0, 0.05) is 5.69 Å². The van der Waals surface area contributed by atoms with Gasteiger partial charge in [0.1, 0.15) is 11.5 Å². The number of amides is 1. The molecule has 0 fully saturated rings. The number of carbonyl (C=O) groups is 1. The monoisotopic (exact) mass is 272 g/mol. The van der Waals surface area contributed by atoms with Gasteiger partial charge in [-0.1, -0.05) is 18.2 Å². The molecular weight excluding hydrogens is 252 g/mol. The molecule has 4 heteroatoms. The summed E-state index contributed by atoms with van der Waals surface area (Å²) in [6.45, 7) is 6.68. The van der Waals surface area contributed by atoms with E-state index in [1.54, 1.807) is 0 Å². The molecule has 2 N–H and O–H groups in total. The fraction of sp³-hybridized carbons (Fsp3) is 0.312. The van der Waals surface area contributed by atoms with Gasteiger partial charge in [-0.05, 0) is 44.0 Å². The molecule has 2 aromatic rings. The van der Waals surface area contributed by atoms with Crippen molar-refractivity contribution in [3.05, 3.63) is 53.0 Å². The van der Waals surface area contributed by atoms with Crippen molar-refractivity contribution in [1.29, 1.82) is 0 Å². The number of para-hydroxylation sites is 1. The van der Waals surface area contributed by atoms with Crippen molar-refractivity contribution in [1.82, 2.24) is 5.32 Å². The van der Waals surface area contributed by atoms with E-state index in [0.717, 1.165) is 28.3 Å². The van der Waals surface area contributed by atoms with Crippen molar-refractivity contribution in [2.45, 2.75) is 27.3 Å². The first-order valence-electron chi connectivity index (χ1n) is 6.68. The zero-order valence-corrected chi connectivity index (χ0v) is 12.1. The number of nitrogens with one attached hydrogen (secondary N) is 2. The third-order valence-corrected chi connectivity index (χ3v) is 3.13. The summed E-state index contributed by atoms with van der Waals surface area (Å²) in [5.41, 5.74) is 3.04. The van der Waals surface area contributed by atoms with Crippen LogP contribution in [0.5, 0.6) is 0 Å². The molecule has 1 aromatic heterocycles. The molecule has 2 rings (SSSR count). The van der Waals surface area contributed by atoms with Gasteiger partial charge in [-0.3, -0.25) is 4.79 Å². The van der Waals surface area contributed by atoms with E-state index in [1.165, 1.54) is 0 Å². The summed E-state index contributed by atoms with van der Waals surface area (Å²) in [5, 5.41) is 6.01. The molecule has 0 aliphatic heterocycles. The Kier molecular flexibility index (Phi) is 4.58. The van der Waals surface area contributed by atoms with E-state index in [1.807, 2.05) is 51.1 Å². The predicted octanol–water partition coefficient (Wildman–Crippen LogP) is 2.93. The average Bonchev–Trinajstić information content (AvgIpc) is 2.80. The van der Waals surface area contributed by atoms with Gasteiger partial charge in [0.15, 0.2) is 0 Å². The number of carbonyl (C=O) groups excluding carboxylic acids is 1. The van der Waals surface area contributed by atoms with Crippen LogP contribution in [0.3, 0.4) is 0 Å². The number of hydrogen-bond donors (Lipinski definition) is 2. The van der Waals surface area contributed by atoms with Gasteiger partial charge in [0.05, 0.1) is 13.1 Å². The number of aryl methyl sites for hydroxylation is 3. The highest BCUT2D eigenvalue weighted by Crippen LogP contribution is 2.18. The Morgan fingerprint density at radius 1 is 1.10 bits per heavy atom. The molecule has 0 bridgehead atoms. The Morgan fingerprint density at radius 3 is 2.40 bits per heavy atom. The van der Waals surface area contributed by atoms with Crippen LogP contribution in [0.15, 0.2) is 34.7 Å². The van der Waals surface area contributed by atoms with Crippen molar-refractivity contribution in [2.24, 2.45) is 0 Å². The lowest BCUT2D eigenvalue weighted by molar-refractivity contribution is -0.115. The normalized spacial score (nSPS) is 10.6. The number of anilines is 1. The fourth-order valence-electron chi connectivity index (χ4n) is 2.07. The number of hydrogen-bond acceptors (Lipinski definition) is 3. The van der Waals surface area contributed by atoms with Crippen molar-refractivity contribution >= 4 is 11.6 Å². The molecule has 106 valence electrons. The molecule has 0 spiro atoms. The summed E-state index contributed by atoms with van der Waals surface area (Å²) >= 11 is 0. The minimum absolute atomic E-state index is 0.0503. The van der Waals surface area contributed by atoms with Crippen molar-refractivity contribution in [3.63, 3.8) is 0 Å². The van der Waals surface area contributed by atoms with Gasteiger partial charge in [0.25, 0.3) is 0 Å². The van der Waals surface area contributed by atoms with Crippen molar-refractivity contribution in [3.8, 4) is 0 Å². The summed E-state index contributed by atoms with van der Waals surface area (Å²) in [4.78, 5) is 11.9. The molecule has 4 nitrogen and oxygen atoms in total. The average molecular weight is 272 g/mol. The maximum atomic E-state index is 11.9. The lowest BCUT2D eigenvalue weighted by Crippen LogP contribution is -2.28. The fourth-order valence-corrected chi connectivity index (χ4v) is 2.07. The van der Waals surface area contributed by atoms with Crippen LogP contribution in [0.2, 0.25) is 0 Å². The maximum absolute atomic E-state index is 11.9. The standard InChI is InChI=1S/C16H20N2O2/c1-11-5-4-6-12(2)16(11)18-15(19)10-17-9-14-8-7-13(3)20-14/h4-8,17H,9-10H2,1-3H3,(H,18,19). The number of furan rings is 1. The molecule has 0 aliphatic rings. The smallest absolute Gasteiger partial charge is 0.238 e. The Labute approximate surface area is 119 Å². The van der Waals surface area contributed by atoms with E-state index >= 15 is 0 Å². The number of benzene rings is 1. The Bertz CT molecular complexity index is 582. The molecule has 0 radical (unpaired) electrons. The van der Waals surface area contributed by atoms with Gasteiger partial charge in [-0.25, -0.2) is 0 Å². The lowest BCUT2D eigenvalue weighted by Gasteiger charge is -2.11. The highest BCUT2D eigenvalue weighted by Gasteiger charge is 2.07. The molecule has 1 heterocycles. The first-order valence-corrected chi connectivity index (χ1v) is 6.68. The van der Waals surface area contributed by atoms with Crippen LogP contribution < -0.4 is 10.6 Å². The molecule has 0 saturated heterocycles. The number of rotatable bonds is 5. The quantitative estimate of drug-likeness (QED) is 0.880. The molecule has 0 atom stereocenters. The third kappa shape index (κ3) is 3.71. The second kappa shape index (κ2) is 6.39. The van der Waals surface area contributed by atoms with Gasteiger partial charge < -0.3 is 15.1 Å². The molecular formula is C16H20N2O2. The highest BCUT2D eigenvalue weighted by atomic mass is 16.3. The van der Waals surface area contributed by atoms with E-state index < -0.39 is 0 Å². The molecule has 0 aliphatic carbocycles. The predicted molar refractivity (Wildman–Crippen MR) is 79.7 cm³/mol. The van der Waals surface area contributed by atoms with Crippen molar-refractivity contribution < 1.29 is 9.21 Å². The van der Waals surface area contributed by atoms with Crippen LogP contribution in [0.4, 0.5) is 5.69 Å². The summed E-state index contributed by atoms with van der Waals surface area (Å²) in [7, 11) is 0. The first kappa shape index (κ1) is 14.3. The van der Waals surface area contributed by atoms with Crippen LogP contribution in [-0.2, 0) is 11.3 Å².